The second-order valence-corrected chi connectivity index (χ2v) is 13.9. The second-order valence-electron chi connectivity index (χ2n) is 13.9. The molecule has 3 nitrogen and oxygen atoms in total. The lowest BCUT2D eigenvalue weighted by Crippen LogP contribution is -2.37. The molecule has 3 rings (SSSR count). The molecule has 2 aromatic rings. The summed E-state index contributed by atoms with van der Waals surface area (Å²) in [7, 11) is 0. The van der Waals surface area contributed by atoms with Crippen molar-refractivity contribution in [2.45, 2.75) is 145 Å². The summed E-state index contributed by atoms with van der Waals surface area (Å²) >= 11 is 0. The molecule has 0 radical (unpaired) electrons. The molecule has 228 valence electrons. The molecule has 0 aromatic heterocycles. The molecular formula is C38H58O3. The summed E-state index contributed by atoms with van der Waals surface area (Å²) in [6.45, 7) is 20.2. The monoisotopic (exact) mass is 562 g/mol. The van der Waals surface area contributed by atoms with Crippen LogP contribution in [0.4, 0.5) is 0 Å². The van der Waals surface area contributed by atoms with Gasteiger partial charge in [-0.2, -0.15) is 0 Å². The van der Waals surface area contributed by atoms with Crippen molar-refractivity contribution in [3.05, 3.63) is 57.6 Å². The normalized spacial score (nSPS) is 18.1. The third kappa shape index (κ3) is 9.35. The Labute approximate surface area is 251 Å². The van der Waals surface area contributed by atoms with Gasteiger partial charge in [-0.15, -0.1) is 0 Å². The number of benzene rings is 2. The molecule has 1 heterocycles. The van der Waals surface area contributed by atoms with Gasteiger partial charge < -0.3 is 9.47 Å². The van der Waals surface area contributed by atoms with Crippen LogP contribution < -0.4 is 9.47 Å². The predicted octanol–water partition coefficient (Wildman–Crippen LogP) is 10.9. The zero-order valence-electron chi connectivity index (χ0n) is 27.8. The van der Waals surface area contributed by atoms with Gasteiger partial charge in [0.05, 0.1) is 5.56 Å². The molecule has 3 atom stereocenters. The Morgan fingerprint density at radius 3 is 2.02 bits per heavy atom. The zero-order chi connectivity index (χ0) is 30.2. The van der Waals surface area contributed by atoms with Gasteiger partial charge in [-0.25, -0.2) is 4.79 Å². The number of esters is 1. The van der Waals surface area contributed by atoms with Gasteiger partial charge >= 0.3 is 5.97 Å². The number of ether oxygens (including phenoxy) is 2. The lowest BCUT2D eigenvalue weighted by Gasteiger charge is -2.38. The number of aryl methyl sites for hydroxylation is 1. The molecule has 1 aliphatic rings. The van der Waals surface area contributed by atoms with E-state index in [-0.39, 0.29) is 11.6 Å². The molecular weight excluding hydrogens is 504 g/mol. The van der Waals surface area contributed by atoms with E-state index < -0.39 is 0 Å². The molecule has 0 N–H and O–H groups in total. The van der Waals surface area contributed by atoms with Gasteiger partial charge in [0.2, 0.25) is 0 Å². The first-order chi connectivity index (χ1) is 19.4. The van der Waals surface area contributed by atoms with E-state index in [4.69, 9.17) is 9.47 Å². The first-order valence-electron chi connectivity index (χ1n) is 16.6. The van der Waals surface area contributed by atoms with E-state index in [1.165, 1.54) is 62.5 Å². The van der Waals surface area contributed by atoms with Crippen LogP contribution in [-0.2, 0) is 12.8 Å². The minimum atomic E-state index is -0.297. The van der Waals surface area contributed by atoms with Crippen LogP contribution in [0, 0.1) is 38.5 Å². The molecule has 0 saturated heterocycles. The highest BCUT2D eigenvalue weighted by atomic mass is 16.5. The molecule has 0 saturated carbocycles. The minimum Gasteiger partial charge on any atom is -0.487 e. The van der Waals surface area contributed by atoms with Gasteiger partial charge in [-0.1, -0.05) is 91.7 Å². The number of hydrogen-bond acceptors (Lipinski definition) is 3. The molecule has 3 heteroatoms. The Balaban J connectivity index is 1.53. The Kier molecular flexibility index (Phi) is 12.4. The molecule has 3 unspecified atom stereocenters. The van der Waals surface area contributed by atoms with Gasteiger partial charge in [0.1, 0.15) is 17.1 Å². The Morgan fingerprint density at radius 1 is 0.854 bits per heavy atom. The Bertz CT molecular complexity index is 1130. The van der Waals surface area contributed by atoms with Crippen molar-refractivity contribution in [1.29, 1.82) is 0 Å². The quantitative estimate of drug-likeness (QED) is 0.160. The predicted molar refractivity (Wildman–Crippen MR) is 174 cm³/mol. The van der Waals surface area contributed by atoms with Gasteiger partial charge in [0, 0.05) is 5.56 Å². The fourth-order valence-electron chi connectivity index (χ4n) is 6.44. The van der Waals surface area contributed by atoms with Crippen molar-refractivity contribution >= 4 is 5.97 Å². The molecule has 1 aliphatic heterocycles. The van der Waals surface area contributed by atoms with Crippen molar-refractivity contribution < 1.29 is 14.3 Å². The van der Waals surface area contributed by atoms with Crippen LogP contribution in [0.2, 0.25) is 0 Å². The summed E-state index contributed by atoms with van der Waals surface area (Å²) < 4.78 is 12.8. The fourth-order valence-corrected chi connectivity index (χ4v) is 6.44. The van der Waals surface area contributed by atoms with E-state index in [2.05, 4.69) is 55.4 Å². The third-order valence-electron chi connectivity index (χ3n) is 9.63. The number of rotatable bonds is 15. The van der Waals surface area contributed by atoms with E-state index >= 15 is 0 Å². The third-order valence-corrected chi connectivity index (χ3v) is 9.63. The highest BCUT2D eigenvalue weighted by Crippen LogP contribution is 2.45. The maximum atomic E-state index is 13.0. The van der Waals surface area contributed by atoms with Crippen LogP contribution in [0.5, 0.6) is 11.5 Å². The van der Waals surface area contributed by atoms with Crippen molar-refractivity contribution in [3.63, 3.8) is 0 Å². The standard InChI is InChI=1S/C38H58O3/c1-10-32-19-21-33(22-20-32)37(39)40-35-29(6)30(7)36-34(31(35)8)23-25-38(9,41-36)24-13-18-28(5)17-12-16-27(4)15-11-14-26(2)3/h19-22,26-28H,10-18,23-25H2,1-9H3. The van der Waals surface area contributed by atoms with Crippen LogP contribution in [-0.4, -0.2) is 11.6 Å². The molecule has 0 aliphatic carbocycles. The Hall–Kier alpha value is -2.29. The minimum absolute atomic E-state index is 0.138. The van der Waals surface area contributed by atoms with E-state index in [1.807, 2.05) is 31.2 Å². The number of carbonyl (C=O) groups excluding carboxylic acids is 1. The van der Waals surface area contributed by atoms with Crippen LogP contribution in [0.15, 0.2) is 24.3 Å². The summed E-state index contributed by atoms with van der Waals surface area (Å²) in [4.78, 5) is 13.0. The van der Waals surface area contributed by atoms with E-state index in [0.717, 1.165) is 65.9 Å². The molecule has 2 aromatic carbocycles. The van der Waals surface area contributed by atoms with Crippen LogP contribution >= 0.6 is 0 Å². The van der Waals surface area contributed by atoms with Gasteiger partial charge in [-0.3, -0.25) is 0 Å². The van der Waals surface area contributed by atoms with Gasteiger partial charge in [0.15, 0.2) is 0 Å². The zero-order valence-corrected chi connectivity index (χ0v) is 27.8. The molecule has 41 heavy (non-hydrogen) atoms. The maximum absolute atomic E-state index is 13.0. The van der Waals surface area contributed by atoms with Gasteiger partial charge in [-0.05, 0) is 112 Å². The fraction of sp³-hybridized carbons (Fsp3) is 0.658. The largest absolute Gasteiger partial charge is 0.487 e. The highest BCUT2D eigenvalue weighted by molar-refractivity contribution is 5.91. The summed E-state index contributed by atoms with van der Waals surface area (Å²) in [5.41, 5.74) is 5.99. The lowest BCUT2D eigenvalue weighted by molar-refractivity contribution is 0.0508. The van der Waals surface area contributed by atoms with Crippen molar-refractivity contribution in [1.82, 2.24) is 0 Å². The summed E-state index contributed by atoms with van der Waals surface area (Å²) in [5, 5.41) is 0. The molecule has 0 fully saturated rings. The summed E-state index contributed by atoms with van der Waals surface area (Å²) in [5.74, 6) is 3.89. The molecule has 0 spiro atoms. The van der Waals surface area contributed by atoms with Crippen molar-refractivity contribution in [2.75, 3.05) is 0 Å². The number of carbonyl (C=O) groups is 1. The summed E-state index contributed by atoms with van der Waals surface area (Å²) in [6, 6.07) is 7.73. The number of fused-ring (bicyclic) bond motifs is 1. The van der Waals surface area contributed by atoms with Crippen LogP contribution in [0.25, 0.3) is 0 Å². The Morgan fingerprint density at radius 2 is 1.44 bits per heavy atom. The highest BCUT2D eigenvalue weighted by Gasteiger charge is 2.35. The van der Waals surface area contributed by atoms with Crippen molar-refractivity contribution in [3.8, 4) is 11.5 Å². The van der Waals surface area contributed by atoms with Crippen molar-refractivity contribution in [2.24, 2.45) is 17.8 Å². The van der Waals surface area contributed by atoms with E-state index in [1.54, 1.807) is 0 Å². The first kappa shape index (κ1) is 33.2. The van der Waals surface area contributed by atoms with Crippen LogP contribution in [0.1, 0.15) is 144 Å². The summed E-state index contributed by atoms with van der Waals surface area (Å²) in [6.07, 6.45) is 14.7. The average Bonchev–Trinajstić information content (AvgIpc) is 2.93. The lowest BCUT2D eigenvalue weighted by atomic mass is 9.83. The maximum Gasteiger partial charge on any atom is 0.343 e. The second kappa shape index (κ2) is 15.3. The molecule has 0 amide bonds. The average molecular weight is 563 g/mol. The smallest absolute Gasteiger partial charge is 0.343 e. The SMILES string of the molecule is CCc1ccc(C(=O)Oc2c(C)c(C)c3c(c2C)CCC(C)(CCCC(C)CCCC(C)CCCC(C)C)O3)cc1. The van der Waals surface area contributed by atoms with Crippen LogP contribution in [0.3, 0.4) is 0 Å². The first-order valence-corrected chi connectivity index (χ1v) is 16.6. The number of hydrogen-bond donors (Lipinski definition) is 0. The molecule has 0 bridgehead atoms. The topological polar surface area (TPSA) is 35.5 Å². The van der Waals surface area contributed by atoms with E-state index in [9.17, 15) is 4.79 Å². The van der Waals surface area contributed by atoms with Gasteiger partial charge in [0.25, 0.3) is 0 Å². The van der Waals surface area contributed by atoms with E-state index in [0.29, 0.717) is 11.3 Å².